The lowest BCUT2D eigenvalue weighted by molar-refractivity contribution is 0.0922. The van der Waals surface area contributed by atoms with Crippen LogP contribution in [-0.4, -0.2) is 35.1 Å². The molecule has 3 aromatic rings. The Morgan fingerprint density at radius 1 is 1.17 bits per heavy atom. The second-order valence-electron chi connectivity index (χ2n) is 6.86. The highest BCUT2D eigenvalue weighted by molar-refractivity contribution is 5.98. The van der Waals surface area contributed by atoms with Crippen LogP contribution in [0, 0.1) is 12.7 Å². The minimum atomic E-state index is -0.536. The van der Waals surface area contributed by atoms with Crippen LogP contribution in [0.25, 0.3) is 11.3 Å². The van der Waals surface area contributed by atoms with Crippen molar-refractivity contribution in [3.8, 4) is 22.9 Å². The van der Waals surface area contributed by atoms with Gasteiger partial charge in [-0.05, 0) is 30.7 Å². The normalized spacial score (nSPS) is 15.3. The van der Waals surface area contributed by atoms with Crippen molar-refractivity contribution in [3.05, 3.63) is 58.7 Å². The van der Waals surface area contributed by atoms with Gasteiger partial charge in [-0.25, -0.2) is 19.3 Å². The van der Waals surface area contributed by atoms with Gasteiger partial charge in [0.25, 0.3) is 5.91 Å². The van der Waals surface area contributed by atoms with Gasteiger partial charge in [-0.1, -0.05) is 6.07 Å². The number of anilines is 1. The van der Waals surface area contributed by atoms with Crippen molar-refractivity contribution >= 4 is 11.9 Å². The molecule has 1 aliphatic rings. The smallest absolute Gasteiger partial charge is 0.255 e. The topological polar surface area (TPSA) is 112 Å². The van der Waals surface area contributed by atoms with Crippen molar-refractivity contribution in [2.24, 2.45) is 0 Å². The Balaban J connectivity index is 1.86. The molecule has 1 unspecified atom stereocenters. The quantitative estimate of drug-likeness (QED) is 0.681. The number of aromatic nitrogens is 3. The summed E-state index contributed by atoms with van der Waals surface area (Å²) in [5.74, 6) is -0.289. The second-order valence-corrected chi connectivity index (χ2v) is 6.86. The largest absolute Gasteiger partial charge is 0.494 e. The van der Waals surface area contributed by atoms with Gasteiger partial charge in [0, 0.05) is 18.1 Å². The molecular weight excluding hydrogens is 389 g/mol. The summed E-state index contributed by atoms with van der Waals surface area (Å²) in [5.41, 5.74) is 8.91. The molecule has 8 nitrogen and oxygen atoms in total. The van der Waals surface area contributed by atoms with Crippen LogP contribution in [0.15, 0.2) is 30.3 Å². The summed E-state index contributed by atoms with van der Waals surface area (Å²) in [6.45, 7) is 1.71. The third-order valence-electron chi connectivity index (χ3n) is 5.02. The summed E-state index contributed by atoms with van der Waals surface area (Å²) < 4.78 is 24.9. The lowest BCUT2D eigenvalue weighted by Crippen LogP contribution is -2.37. The molecule has 9 heteroatoms. The van der Waals surface area contributed by atoms with E-state index in [2.05, 4.69) is 20.3 Å². The number of rotatable bonds is 4. The molecule has 1 amide bonds. The zero-order valence-electron chi connectivity index (χ0n) is 16.7. The number of benzene rings is 1. The number of carbonyl (C=O) groups is 1. The molecule has 0 fully saturated rings. The van der Waals surface area contributed by atoms with Crippen molar-refractivity contribution in [3.63, 3.8) is 0 Å². The highest BCUT2D eigenvalue weighted by Gasteiger charge is 2.31. The molecule has 0 spiro atoms. The SMILES string of the molecule is COc1cccc(-c2cc(F)c(OC)cc2C2Cc3nc(N)nc(C)c3C(=O)N2)n1. The van der Waals surface area contributed by atoms with Gasteiger partial charge in [0.15, 0.2) is 11.6 Å². The van der Waals surface area contributed by atoms with E-state index in [1.807, 2.05) is 0 Å². The molecule has 4 rings (SSSR count). The highest BCUT2D eigenvalue weighted by atomic mass is 19.1. The van der Waals surface area contributed by atoms with Crippen LogP contribution in [0.1, 0.15) is 33.4 Å². The number of nitrogens with two attached hydrogens (primary N) is 1. The number of aryl methyl sites for hydroxylation is 1. The third kappa shape index (κ3) is 3.38. The van der Waals surface area contributed by atoms with Crippen LogP contribution in [0.5, 0.6) is 11.6 Å². The molecule has 3 N–H and O–H groups in total. The number of nitrogens with zero attached hydrogens (tertiary/aromatic N) is 3. The first-order chi connectivity index (χ1) is 14.4. The molecule has 0 saturated carbocycles. The lowest BCUT2D eigenvalue weighted by Gasteiger charge is -2.28. The minimum Gasteiger partial charge on any atom is -0.494 e. The van der Waals surface area contributed by atoms with Gasteiger partial charge in [0.1, 0.15) is 0 Å². The number of pyridine rings is 1. The zero-order chi connectivity index (χ0) is 21.4. The van der Waals surface area contributed by atoms with E-state index in [4.69, 9.17) is 15.2 Å². The summed E-state index contributed by atoms with van der Waals surface area (Å²) in [7, 11) is 2.89. The fourth-order valence-electron chi connectivity index (χ4n) is 3.68. The molecule has 0 radical (unpaired) electrons. The fraction of sp³-hybridized carbons (Fsp3) is 0.238. The Hall–Kier alpha value is -3.75. The summed E-state index contributed by atoms with van der Waals surface area (Å²) >= 11 is 0. The van der Waals surface area contributed by atoms with E-state index in [0.717, 1.165) is 0 Å². The maximum absolute atomic E-state index is 14.6. The fourth-order valence-corrected chi connectivity index (χ4v) is 3.68. The van der Waals surface area contributed by atoms with E-state index in [-0.39, 0.29) is 17.6 Å². The van der Waals surface area contributed by atoms with Crippen molar-refractivity contribution in [1.82, 2.24) is 20.3 Å². The molecular formula is C21H20FN5O3. The first kappa shape index (κ1) is 19.6. The average molecular weight is 409 g/mol. The molecule has 30 heavy (non-hydrogen) atoms. The second kappa shape index (κ2) is 7.58. The minimum absolute atomic E-state index is 0.0649. The molecule has 2 aromatic heterocycles. The summed E-state index contributed by atoms with van der Waals surface area (Å²) in [6.07, 6.45) is 0.361. The zero-order valence-corrected chi connectivity index (χ0v) is 16.7. The molecule has 0 aliphatic carbocycles. The monoisotopic (exact) mass is 409 g/mol. The first-order valence-corrected chi connectivity index (χ1v) is 9.24. The lowest BCUT2D eigenvalue weighted by atomic mass is 9.90. The predicted molar refractivity (Wildman–Crippen MR) is 108 cm³/mol. The molecule has 0 saturated heterocycles. The maximum atomic E-state index is 14.6. The standard InChI is InChI=1S/C21H20FN5O3/c1-10-19-16(27-21(23)24-10)9-15(26-20(19)28)12-8-17(29-2)13(22)7-11(12)14-5-4-6-18(25-14)30-3/h4-8,15H,9H2,1-3H3,(H,26,28)(H2,23,24,27). The Bertz CT molecular complexity index is 1150. The van der Waals surface area contributed by atoms with E-state index in [1.165, 1.54) is 20.3 Å². The van der Waals surface area contributed by atoms with Crippen molar-refractivity contribution in [1.29, 1.82) is 0 Å². The number of amides is 1. The highest BCUT2D eigenvalue weighted by Crippen LogP contribution is 2.36. The van der Waals surface area contributed by atoms with Crippen LogP contribution in [-0.2, 0) is 6.42 Å². The Morgan fingerprint density at radius 2 is 1.97 bits per heavy atom. The van der Waals surface area contributed by atoms with E-state index in [0.29, 0.717) is 46.1 Å². The molecule has 1 aliphatic heterocycles. The Labute approximate surface area is 172 Å². The van der Waals surface area contributed by atoms with E-state index in [1.54, 1.807) is 31.2 Å². The number of hydrogen-bond donors (Lipinski definition) is 2. The van der Waals surface area contributed by atoms with Gasteiger partial charge < -0.3 is 20.5 Å². The van der Waals surface area contributed by atoms with Crippen molar-refractivity contribution in [2.45, 2.75) is 19.4 Å². The number of hydrogen-bond acceptors (Lipinski definition) is 7. The van der Waals surface area contributed by atoms with Gasteiger partial charge in [0.05, 0.1) is 42.9 Å². The summed E-state index contributed by atoms with van der Waals surface area (Å²) in [6, 6.07) is 7.63. The molecule has 0 bridgehead atoms. The Kier molecular flexibility index (Phi) is 4.94. The van der Waals surface area contributed by atoms with Gasteiger partial charge in [0.2, 0.25) is 11.8 Å². The first-order valence-electron chi connectivity index (χ1n) is 9.24. The van der Waals surface area contributed by atoms with Crippen molar-refractivity contribution in [2.75, 3.05) is 20.0 Å². The number of nitrogens with one attached hydrogen (secondary N) is 1. The van der Waals surface area contributed by atoms with Gasteiger partial charge in [-0.15, -0.1) is 0 Å². The van der Waals surface area contributed by atoms with Crippen LogP contribution >= 0.6 is 0 Å². The van der Waals surface area contributed by atoms with Crippen LogP contribution in [0.2, 0.25) is 0 Å². The molecule has 1 atom stereocenters. The molecule has 3 heterocycles. The maximum Gasteiger partial charge on any atom is 0.255 e. The third-order valence-corrected chi connectivity index (χ3v) is 5.02. The van der Waals surface area contributed by atoms with E-state index in [9.17, 15) is 9.18 Å². The summed E-state index contributed by atoms with van der Waals surface area (Å²) in [5, 5.41) is 2.96. The average Bonchev–Trinajstić information content (AvgIpc) is 2.72. The van der Waals surface area contributed by atoms with Gasteiger partial charge in [-0.2, -0.15) is 0 Å². The van der Waals surface area contributed by atoms with Gasteiger partial charge >= 0.3 is 0 Å². The predicted octanol–water partition coefficient (Wildman–Crippen LogP) is 2.61. The molecule has 1 aromatic carbocycles. The van der Waals surface area contributed by atoms with Crippen LogP contribution in [0.4, 0.5) is 10.3 Å². The van der Waals surface area contributed by atoms with Crippen LogP contribution < -0.4 is 20.5 Å². The van der Waals surface area contributed by atoms with E-state index < -0.39 is 11.9 Å². The number of ether oxygens (including phenoxy) is 2. The number of fused-ring (bicyclic) bond motifs is 1. The summed E-state index contributed by atoms with van der Waals surface area (Å²) in [4.78, 5) is 25.5. The number of nitrogen functional groups attached to an aromatic ring is 1. The molecule has 154 valence electrons. The van der Waals surface area contributed by atoms with Crippen molar-refractivity contribution < 1.29 is 18.7 Å². The Morgan fingerprint density at radius 3 is 2.70 bits per heavy atom. The number of methoxy groups -OCH3 is 2. The van der Waals surface area contributed by atoms with Crippen LogP contribution in [0.3, 0.4) is 0 Å². The van der Waals surface area contributed by atoms with Gasteiger partial charge in [-0.3, -0.25) is 4.79 Å². The van der Waals surface area contributed by atoms with E-state index >= 15 is 0 Å². The number of carbonyl (C=O) groups excluding carboxylic acids is 1. The number of halogens is 1.